The molecular formula is C36H39F3N2O4S. The molecule has 0 radical (unpaired) electrons. The highest BCUT2D eigenvalue weighted by Gasteiger charge is 2.32. The highest BCUT2D eigenvalue weighted by atomic mass is 32.2. The summed E-state index contributed by atoms with van der Waals surface area (Å²) in [6.45, 7) is 8.29. The van der Waals surface area contributed by atoms with Crippen molar-refractivity contribution in [2.45, 2.75) is 63.4 Å². The fraction of sp³-hybridized carbons (Fsp3) is 0.333. The zero-order valence-electron chi connectivity index (χ0n) is 26.3. The monoisotopic (exact) mass is 652 g/mol. The van der Waals surface area contributed by atoms with Gasteiger partial charge in [0, 0.05) is 24.5 Å². The van der Waals surface area contributed by atoms with Crippen molar-refractivity contribution in [3.63, 3.8) is 0 Å². The van der Waals surface area contributed by atoms with E-state index in [1.807, 2.05) is 18.4 Å². The van der Waals surface area contributed by atoms with Crippen LogP contribution in [0.25, 0.3) is 17.2 Å². The van der Waals surface area contributed by atoms with Crippen LogP contribution in [0.15, 0.2) is 84.0 Å². The normalized spacial score (nSPS) is 12.5. The van der Waals surface area contributed by atoms with Gasteiger partial charge in [-0.25, -0.2) is 4.98 Å². The molecule has 6 nitrogen and oxygen atoms in total. The lowest BCUT2D eigenvalue weighted by Gasteiger charge is -2.13. The lowest BCUT2D eigenvalue weighted by molar-refractivity contribution is -0.137. The molecule has 0 N–H and O–H groups in total. The first-order valence-corrected chi connectivity index (χ1v) is 16.6. The number of allylic oxidation sites excluding steroid dienone is 1. The average Bonchev–Trinajstić information content (AvgIpc) is 3.40. The number of unbranched alkanes of at least 4 members (excludes halogenated alkanes) is 1. The Morgan fingerprint density at radius 2 is 1.67 bits per heavy atom. The molecule has 3 aromatic carbocycles. The van der Waals surface area contributed by atoms with E-state index in [9.17, 15) is 22.2 Å². The van der Waals surface area contributed by atoms with Gasteiger partial charge in [0.1, 0.15) is 12.4 Å². The Bertz CT molecular complexity index is 1650. The van der Waals surface area contributed by atoms with E-state index in [0.717, 1.165) is 36.8 Å². The smallest absolute Gasteiger partial charge is 0.416 e. The molecule has 0 aliphatic rings. The summed E-state index contributed by atoms with van der Waals surface area (Å²) in [4.78, 5) is 17.7. The number of hydrogen-bond acceptors (Lipinski definition) is 5. The SMILES string of the molecule is CCCCOCCOc1ccc(-c2ccc(C(F)(F)F)c(/C=C/C(=O)Cc3ccc([S@](=O)Cc4c(C)ncn4CC)cc3)c2)cc1. The molecule has 1 heterocycles. The molecule has 0 amide bonds. The Morgan fingerprint density at radius 3 is 2.35 bits per heavy atom. The van der Waals surface area contributed by atoms with Crippen LogP contribution < -0.4 is 4.74 Å². The predicted octanol–water partition coefficient (Wildman–Crippen LogP) is 8.23. The number of rotatable bonds is 16. The number of hydrogen-bond donors (Lipinski definition) is 0. The topological polar surface area (TPSA) is 70.4 Å². The van der Waals surface area contributed by atoms with Gasteiger partial charge in [-0.1, -0.05) is 49.8 Å². The molecule has 46 heavy (non-hydrogen) atoms. The zero-order chi connectivity index (χ0) is 33.1. The van der Waals surface area contributed by atoms with Crippen molar-refractivity contribution >= 4 is 22.7 Å². The van der Waals surface area contributed by atoms with E-state index in [4.69, 9.17) is 9.47 Å². The Hall–Kier alpha value is -4.02. The van der Waals surface area contributed by atoms with E-state index in [1.54, 1.807) is 54.9 Å². The summed E-state index contributed by atoms with van der Waals surface area (Å²) < 4.78 is 67.6. The van der Waals surface area contributed by atoms with E-state index in [2.05, 4.69) is 11.9 Å². The molecule has 0 aliphatic heterocycles. The van der Waals surface area contributed by atoms with Crippen molar-refractivity contribution < 1.29 is 31.6 Å². The van der Waals surface area contributed by atoms with Crippen LogP contribution in [0.3, 0.4) is 0 Å². The van der Waals surface area contributed by atoms with Gasteiger partial charge in [0.25, 0.3) is 0 Å². The molecule has 4 aromatic rings. The zero-order valence-corrected chi connectivity index (χ0v) is 27.1. The van der Waals surface area contributed by atoms with Crippen molar-refractivity contribution in [3.05, 3.63) is 107 Å². The van der Waals surface area contributed by atoms with Crippen molar-refractivity contribution in [2.24, 2.45) is 0 Å². The van der Waals surface area contributed by atoms with E-state index in [1.165, 1.54) is 24.3 Å². The molecule has 1 aromatic heterocycles. The summed E-state index contributed by atoms with van der Waals surface area (Å²) in [5.41, 5.74) is 2.79. The summed E-state index contributed by atoms with van der Waals surface area (Å²) in [5.74, 6) is 0.613. The van der Waals surface area contributed by atoms with Crippen LogP contribution in [0.1, 0.15) is 54.8 Å². The molecule has 10 heteroatoms. The third-order valence-corrected chi connectivity index (χ3v) is 8.79. The number of halogens is 3. The third kappa shape index (κ3) is 9.74. The fourth-order valence-corrected chi connectivity index (χ4v) is 6.06. The van der Waals surface area contributed by atoms with Crippen molar-refractivity contribution in [1.82, 2.24) is 9.55 Å². The minimum Gasteiger partial charge on any atom is -0.491 e. The average molecular weight is 653 g/mol. The number of alkyl halides is 3. The number of nitrogens with zero attached hydrogens (tertiary/aromatic N) is 2. The lowest BCUT2D eigenvalue weighted by atomic mass is 9.98. The van der Waals surface area contributed by atoms with Crippen molar-refractivity contribution in [1.29, 1.82) is 0 Å². The van der Waals surface area contributed by atoms with E-state index in [-0.39, 0.29) is 17.8 Å². The first kappa shape index (κ1) is 34.8. The summed E-state index contributed by atoms with van der Waals surface area (Å²) in [6, 6.07) is 17.8. The van der Waals surface area contributed by atoms with Gasteiger partial charge in [-0.15, -0.1) is 0 Å². The Kier molecular flexibility index (Phi) is 12.5. The minimum atomic E-state index is -4.59. The molecular weight excluding hydrogens is 613 g/mol. The van der Waals surface area contributed by atoms with E-state index >= 15 is 0 Å². The van der Waals surface area contributed by atoms with Crippen LogP contribution in [0.2, 0.25) is 0 Å². The maximum Gasteiger partial charge on any atom is 0.416 e. The van der Waals surface area contributed by atoms with Crippen LogP contribution in [0.4, 0.5) is 13.2 Å². The number of aryl methyl sites for hydroxylation is 2. The number of carbonyl (C=O) groups is 1. The molecule has 0 aliphatic carbocycles. The van der Waals surface area contributed by atoms with Gasteiger partial charge in [-0.2, -0.15) is 13.2 Å². The summed E-state index contributed by atoms with van der Waals surface area (Å²) >= 11 is 0. The van der Waals surface area contributed by atoms with Gasteiger partial charge in [0.05, 0.1) is 46.4 Å². The molecule has 0 saturated carbocycles. The molecule has 0 bridgehead atoms. The number of carbonyl (C=O) groups excluding carboxylic acids is 1. The maximum atomic E-state index is 13.8. The van der Waals surface area contributed by atoms with E-state index in [0.29, 0.717) is 52.9 Å². The van der Waals surface area contributed by atoms with E-state index < -0.39 is 22.5 Å². The van der Waals surface area contributed by atoms with Gasteiger partial charge < -0.3 is 14.0 Å². The number of benzene rings is 3. The first-order chi connectivity index (χ1) is 22.1. The van der Waals surface area contributed by atoms with Crippen LogP contribution in [-0.4, -0.2) is 39.4 Å². The van der Waals surface area contributed by atoms with Gasteiger partial charge >= 0.3 is 6.18 Å². The summed E-state index contributed by atoms with van der Waals surface area (Å²) in [5, 5.41) is 0. The van der Waals surface area contributed by atoms with Crippen LogP contribution in [0, 0.1) is 6.92 Å². The van der Waals surface area contributed by atoms with Crippen LogP contribution in [0.5, 0.6) is 5.75 Å². The molecule has 0 spiro atoms. The highest BCUT2D eigenvalue weighted by Crippen LogP contribution is 2.35. The van der Waals surface area contributed by atoms with Gasteiger partial charge in [0.2, 0.25) is 0 Å². The minimum absolute atomic E-state index is 0.00270. The molecule has 1 atom stereocenters. The van der Waals surface area contributed by atoms with Gasteiger partial charge in [-0.05, 0) is 85.0 Å². The third-order valence-electron chi connectivity index (χ3n) is 7.46. The largest absolute Gasteiger partial charge is 0.491 e. The van der Waals surface area contributed by atoms with Crippen molar-refractivity contribution in [3.8, 4) is 16.9 Å². The fourth-order valence-electron chi connectivity index (χ4n) is 4.83. The predicted molar refractivity (Wildman–Crippen MR) is 175 cm³/mol. The van der Waals surface area contributed by atoms with Crippen LogP contribution >= 0.6 is 0 Å². The Morgan fingerprint density at radius 1 is 0.957 bits per heavy atom. The summed E-state index contributed by atoms with van der Waals surface area (Å²) in [7, 11) is -1.30. The molecule has 0 fully saturated rings. The Labute approximate surface area is 270 Å². The standard InChI is InChI=1S/C36H39F3N2O4S/c1-4-6-19-44-20-21-45-32-14-10-28(11-15-32)29-12-18-34(36(37,38)39)30(23-29)9-13-31(42)22-27-7-16-33(17-8-27)46(43)24-35-26(3)40-25-41(35)5-2/h7-18,23,25H,4-6,19-22,24H2,1-3H3/b13-9+/t46-/m1/s1. The van der Waals surface area contributed by atoms with Crippen LogP contribution in [-0.2, 0) is 45.2 Å². The molecule has 4 rings (SSSR count). The molecule has 244 valence electrons. The number of aromatic nitrogens is 2. The molecule has 0 saturated heterocycles. The van der Waals surface area contributed by atoms with Gasteiger partial charge in [0.15, 0.2) is 5.78 Å². The van der Waals surface area contributed by atoms with Gasteiger partial charge in [-0.3, -0.25) is 9.00 Å². The Balaban J connectivity index is 1.40. The number of ketones is 1. The maximum absolute atomic E-state index is 13.8. The second kappa shape index (κ2) is 16.5. The second-order valence-electron chi connectivity index (χ2n) is 10.8. The molecule has 0 unspecified atom stereocenters. The first-order valence-electron chi connectivity index (χ1n) is 15.3. The number of imidazole rings is 1. The highest BCUT2D eigenvalue weighted by molar-refractivity contribution is 7.84. The van der Waals surface area contributed by atoms with Crippen molar-refractivity contribution in [2.75, 3.05) is 19.8 Å². The summed E-state index contributed by atoms with van der Waals surface area (Å²) in [6.07, 6.45) is 1.60. The lowest BCUT2D eigenvalue weighted by Crippen LogP contribution is -2.08. The second-order valence-corrected chi connectivity index (χ2v) is 12.3. The number of ether oxygens (including phenoxy) is 2. The quantitative estimate of drug-likeness (QED) is 0.0901.